The Labute approximate surface area is 259 Å². The summed E-state index contributed by atoms with van der Waals surface area (Å²) in [4.78, 5) is 58.1. The molecule has 45 heavy (non-hydrogen) atoms. The van der Waals surface area contributed by atoms with Gasteiger partial charge in [-0.2, -0.15) is 0 Å². The molecule has 8 nitrogen and oxygen atoms in total. The number of methoxy groups -OCH3 is 2. The lowest BCUT2D eigenvalue weighted by atomic mass is 9.64. The highest BCUT2D eigenvalue weighted by Crippen LogP contribution is 2.62. The number of hydrogen-bond donors (Lipinski definition) is 0. The first-order valence-electron chi connectivity index (χ1n) is 14.6. The van der Waals surface area contributed by atoms with Gasteiger partial charge < -0.3 is 19.1 Å². The SMILES string of the molecule is COc1ccc([C@H]2[C@@H](C(=O)c3ccc(OC(C)=O)cc3)N3c4ccccc4C=C[C@@H]3C23C(=O)c2ccccc2C3=O)c(OC)c1. The summed E-state index contributed by atoms with van der Waals surface area (Å²) < 4.78 is 16.5. The Morgan fingerprint density at radius 1 is 0.778 bits per heavy atom. The van der Waals surface area contributed by atoms with Crippen LogP contribution in [0.3, 0.4) is 0 Å². The van der Waals surface area contributed by atoms with E-state index in [4.69, 9.17) is 14.2 Å². The number of ether oxygens (including phenoxy) is 3. The maximum absolute atomic E-state index is 14.9. The van der Waals surface area contributed by atoms with Gasteiger partial charge in [0.25, 0.3) is 0 Å². The number of hydrogen-bond acceptors (Lipinski definition) is 8. The summed E-state index contributed by atoms with van der Waals surface area (Å²) in [5, 5.41) is 0. The summed E-state index contributed by atoms with van der Waals surface area (Å²) in [6, 6.07) is 24.3. The Bertz CT molecular complexity index is 1890. The number of benzene rings is 4. The molecule has 0 bridgehead atoms. The lowest BCUT2D eigenvalue weighted by Crippen LogP contribution is -2.48. The monoisotopic (exact) mass is 599 g/mol. The highest BCUT2D eigenvalue weighted by atomic mass is 16.5. The van der Waals surface area contributed by atoms with Crippen LogP contribution in [0.5, 0.6) is 17.2 Å². The largest absolute Gasteiger partial charge is 0.497 e. The minimum atomic E-state index is -1.67. The van der Waals surface area contributed by atoms with E-state index in [1.165, 1.54) is 14.0 Å². The van der Waals surface area contributed by atoms with E-state index in [9.17, 15) is 19.2 Å². The van der Waals surface area contributed by atoms with Gasteiger partial charge in [0.05, 0.1) is 20.3 Å². The van der Waals surface area contributed by atoms with Crippen molar-refractivity contribution in [2.24, 2.45) is 5.41 Å². The van der Waals surface area contributed by atoms with Crippen LogP contribution in [0.15, 0.2) is 97.1 Å². The van der Waals surface area contributed by atoms with Crippen molar-refractivity contribution in [3.63, 3.8) is 0 Å². The average molecular weight is 600 g/mol. The molecule has 1 spiro atoms. The molecule has 2 heterocycles. The Kier molecular flexibility index (Phi) is 6.66. The lowest BCUT2D eigenvalue weighted by molar-refractivity contribution is -0.131. The van der Waals surface area contributed by atoms with Crippen molar-refractivity contribution in [3.05, 3.63) is 125 Å². The molecule has 4 aromatic rings. The fraction of sp³-hybridized carbons (Fsp3) is 0.189. The van der Waals surface area contributed by atoms with Gasteiger partial charge in [-0.15, -0.1) is 0 Å². The van der Waals surface area contributed by atoms with E-state index in [0.29, 0.717) is 39.5 Å². The summed E-state index contributed by atoms with van der Waals surface area (Å²) in [5.41, 5.74) is 1.50. The molecule has 7 rings (SSSR count). The van der Waals surface area contributed by atoms with Crippen LogP contribution in [-0.2, 0) is 4.79 Å². The molecule has 4 aromatic carbocycles. The second-order valence-corrected chi connectivity index (χ2v) is 11.4. The van der Waals surface area contributed by atoms with Gasteiger partial charge in [-0.05, 0) is 42.0 Å². The van der Waals surface area contributed by atoms with E-state index in [1.807, 2.05) is 41.3 Å². The van der Waals surface area contributed by atoms with Crippen molar-refractivity contribution in [3.8, 4) is 17.2 Å². The van der Waals surface area contributed by atoms with E-state index >= 15 is 0 Å². The Hall–Kier alpha value is -5.50. The Balaban J connectivity index is 1.52. The minimum absolute atomic E-state index is 0.296. The van der Waals surface area contributed by atoms with Gasteiger partial charge >= 0.3 is 5.97 Å². The van der Waals surface area contributed by atoms with Crippen LogP contribution in [0.2, 0.25) is 0 Å². The molecule has 1 aliphatic carbocycles. The topological polar surface area (TPSA) is 99.2 Å². The predicted octanol–water partition coefficient (Wildman–Crippen LogP) is 5.95. The molecule has 2 aliphatic heterocycles. The van der Waals surface area contributed by atoms with Gasteiger partial charge in [0, 0.05) is 46.8 Å². The van der Waals surface area contributed by atoms with Crippen molar-refractivity contribution < 1.29 is 33.4 Å². The summed E-state index contributed by atoms with van der Waals surface area (Å²) in [7, 11) is 3.06. The second kappa shape index (κ2) is 10.6. The molecular weight excluding hydrogens is 570 g/mol. The highest BCUT2D eigenvalue weighted by Gasteiger charge is 2.72. The first kappa shape index (κ1) is 28.3. The standard InChI is InChI=1S/C37H29NO7/c1-21(39)45-24-15-12-23(13-16-24)34(40)33-32(28-18-17-25(43-2)20-30(28)44-3)37(35(41)26-9-5-6-10-27(26)36(37)42)31-19-14-22-8-4-7-11-29(22)38(31)33/h4-20,31-33H,1-3H3/t31-,32+,33+/m1/s1. The molecule has 1 fully saturated rings. The zero-order chi connectivity index (χ0) is 31.5. The zero-order valence-electron chi connectivity index (χ0n) is 24.9. The second-order valence-electron chi connectivity index (χ2n) is 11.4. The molecule has 0 saturated carbocycles. The number of nitrogens with zero attached hydrogens (tertiary/aromatic N) is 1. The average Bonchev–Trinajstić information content (AvgIpc) is 3.50. The highest BCUT2D eigenvalue weighted by molar-refractivity contribution is 6.32. The van der Waals surface area contributed by atoms with Gasteiger partial charge in [0.2, 0.25) is 0 Å². The van der Waals surface area contributed by atoms with Crippen LogP contribution in [0, 0.1) is 5.41 Å². The van der Waals surface area contributed by atoms with Crippen LogP contribution in [0.4, 0.5) is 5.69 Å². The number of para-hydroxylation sites is 1. The first-order chi connectivity index (χ1) is 21.8. The number of carbonyl (C=O) groups excluding carboxylic acids is 4. The molecule has 1 saturated heterocycles. The maximum Gasteiger partial charge on any atom is 0.308 e. The van der Waals surface area contributed by atoms with Crippen LogP contribution in [0.1, 0.15) is 55.0 Å². The van der Waals surface area contributed by atoms with Crippen molar-refractivity contribution >= 4 is 35.1 Å². The number of rotatable bonds is 6. The number of ketones is 3. The van der Waals surface area contributed by atoms with E-state index < -0.39 is 29.4 Å². The molecule has 0 N–H and O–H groups in total. The summed E-state index contributed by atoms with van der Waals surface area (Å²) in [6.07, 6.45) is 3.80. The number of Topliss-reactive ketones (excluding diaryl/α,β-unsaturated/α-hetero) is 3. The normalized spacial score (nSPS) is 20.4. The minimum Gasteiger partial charge on any atom is -0.497 e. The van der Waals surface area contributed by atoms with Crippen molar-refractivity contribution in [1.82, 2.24) is 0 Å². The van der Waals surface area contributed by atoms with E-state index in [0.717, 1.165) is 11.3 Å². The lowest BCUT2D eigenvalue weighted by Gasteiger charge is -2.37. The van der Waals surface area contributed by atoms with E-state index in [-0.39, 0.29) is 17.3 Å². The molecule has 0 unspecified atom stereocenters. The predicted molar refractivity (Wildman–Crippen MR) is 167 cm³/mol. The van der Waals surface area contributed by atoms with Gasteiger partial charge in [-0.1, -0.05) is 60.7 Å². The molecule has 0 radical (unpaired) electrons. The quantitative estimate of drug-likeness (QED) is 0.116. The molecule has 3 aliphatic rings. The summed E-state index contributed by atoms with van der Waals surface area (Å²) in [5.74, 6) is -1.15. The van der Waals surface area contributed by atoms with Crippen LogP contribution in [0.25, 0.3) is 6.08 Å². The molecule has 0 aromatic heterocycles. The van der Waals surface area contributed by atoms with Crippen LogP contribution in [-0.4, -0.2) is 49.6 Å². The third kappa shape index (κ3) is 4.05. The van der Waals surface area contributed by atoms with Crippen LogP contribution < -0.4 is 19.1 Å². The third-order valence-electron chi connectivity index (χ3n) is 9.16. The smallest absolute Gasteiger partial charge is 0.308 e. The molecule has 0 amide bonds. The molecule has 8 heteroatoms. The molecular formula is C37H29NO7. The summed E-state index contributed by atoms with van der Waals surface area (Å²) in [6.45, 7) is 1.30. The fourth-order valence-corrected chi connectivity index (χ4v) is 7.36. The Morgan fingerprint density at radius 3 is 2.07 bits per heavy atom. The fourth-order valence-electron chi connectivity index (χ4n) is 7.36. The van der Waals surface area contributed by atoms with Gasteiger partial charge in [0.1, 0.15) is 28.7 Å². The molecule has 224 valence electrons. The van der Waals surface area contributed by atoms with Crippen molar-refractivity contribution in [2.45, 2.75) is 24.9 Å². The van der Waals surface area contributed by atoms with E-state index in [2.05, 4.69) is 0 Å². The molecule has 3 atom stereocenters. The van der Waals surface area contributed by atoms with Crippen molar-refractivity contribution in [1.29, 1.82) is 0 Å². The zero-order valence-corrected chi connectivity index (χ0v) is 24.9. The number of esters is 1. The maximum atomic E-state index is 14.9. The summed E-state index contributed by atoms with van der Waals surface area (Å²) >= 11 is 0. The van der Waals surface area contributed by atoms with Gasteiger partial charge in [-0.25, -0.2) is 0 Å². The van der Waals surface area contributed by atoms with Crippen molar-refractivity contribution in [2.75, 3.05) is 19.1 Å². The Morgan fingerprint density at radius 2 is 1.42 bits per heavy atom. The number of anilines is 1. The first-order valence-corrected chi connectivity index (χ1v) is 14.6. The third-order valence-corrected chi connectivity index (χ3v) is 9.16. The number of fused-ring (bicyclic) bond motifs is 5. The number of carbonyl (C=O) groups is 4. The van der Waals surface area contributed by atoms with Gasteiger partial charge in [-0.3, -0.25) is 19.2 Å². The van der Waals surface area contributed by atoms with E-state index in [1.54, 1.807) is 73.8 Å². The van der Waals surface area contributed by atoms with Gasteiger partial charge in [0.15, 0.2) is 17.3 Å². The van der Waals surface area contributed by atoms with Crippen LogP contribution >= 0.6 is 0 Å².